The third-order valence-electron chi connectivity index (χ3n) is 4.62. The van der Waals surface area contributed by atoms with Gasteiger partial charge in [-0.2, -0.15) is 0 Å². The lowest BCUT2D eigenvalue weighted by molar-refractivity contribution is 0.282. The zero-order valence-electron chi connectivity index (χ0n) is 15.5. The predicted octanol–water partition coefficient (Wildman–Crippen LogP) is 4.81. The molecule has 0 saturated carbocycles. The molecule has 3 aromatic rings. The molecule has 0 unspecified atom stereocenters. The van der Waals surface area contributed by atoms with Crippen LogP contribution in [0.4, 0.5) is 4.39 Å². The van der Waals surface area contributed by atoms with Gasteiger partial charge in [0.15, 0.2) is 0 Å². The highest BCUT2D eigenvalue weighted by atomic mass is 19.1. The third-order valence-corrected chi connectivity index (χ3v) is 4.62. The molecule has 3 rings (SSSR count). The minimum atomic E-state index is -0.240. The molecule has 0 amide bonds. The van der Waals surface area contributed by atoms with Crippen molar-refractivity contribution in [2.75, 3.05) is 13.2 Å². The number of aliphatic hydroxyl groups excluding tert-OH is 1. The Bertz CT molecular complexity index is 849. The summed E-state index contributed by atoms with van der Waals surface area (Å²) in [6.45, 7) is 2.28. The van der Waals surface area contributed by atoms with E-state index in [0.29, 0.717) is 6.61 Å². The molecule has 142 valence electrons. The summed E-state index contributed by atoms with van der Waals surface area (Å²) >= 11 is 0. The summed E-state index contributed by atoms with van der Waals surface area (Å²) in [5, 5.41) is 14.7. The Morgan fingerprint density at radius 1 is 0.889 bits per heavy atom. The molecule has 0 saturated heterocycles. The van der Waals surface area contributed by atoms with Gasteiger partial charge in [0, 0.05) is 18.7 Å². The molecular weight excluding hydrogens is 341 g/mol. The Kier molecular flexibility index (Phi) is 7.19. The number of nitrogens with one attached hydrogen (secondary N) is 1. The number of halogens is 1. The first-order valence-corrected chi connectivity index (χ1v) is 9.47. The van der Waals surface area contributed by atoms with Gasteiger partial charge in [-0.25, -0.2) is 4.39 Å². The number of aliphatic hydroxyl groups is 1. The molecule has 27 heavy (non-hydrogen) atoms. The molecule has 4 heteroatoms. The Balaban J connectivity index is 1.71. The first kappa shape index (κ1) is 19.3. The molecule has 0 heterocycles. The van der Waals surface area contributed by atoms with Crippen LogP contribution < -0.4 is 10.1 Å². The highest BCUT2D eigenvalue weighted by Gasteiger charge is 2.09. The number of rotatable bonds is 10. The Labute approximate surface area is 159 Å². The van der Waals surface area contributed by atoms with E-state index in [4.69, 9.17) is 9.84 Å². The minimum Gasteiger partial charge on any atom is -0.489 e. The number of unbranched alkanes of at least 4 members (excludes halogenated alkanes) is 2. The molecule has 3 nitrogen and oxygen atoms in total. The van der Waals surface area contributed by atoms with Gasteiger partial charge in [0.1, 0.15) is 18.2 Å². The average Bonchev–Trinajstić information content (AvgIpc) is 2.70. The van der Waals surface area contributed by atoms with Gasteiger partial charge in [-0.05, 0) is 60.3 Å². The predicted molar refractivity (Wildman–Crippen MR) is 107 cm³/mol. The molecule has 0 aliphatic rings. The minimum absolute atomic E-state index is 0.240. The molecule has 0 aliphatic carbocycles. The van der Waals surface area contributed by atoms with Crippen molar-refractivity contribution in [1.29, 1.82) is 0 Å². The Morgan fingerprint density at radius 2 is 1.70 bits per heavy atom. The molecule has 2 N–H and O–H groups in total. The van der Waals surface area contributed by atoms with Crippen LogP contribution in [-0.4, -0.2) is 18.3 Å². The summed E-state index contributed by atoms with van der Waals surface area (Å²) < 4.78 is 19.1. The van der Waals surface area contributed by atoms with Crippen molar-refractivity contribution in [3.8, 4) is 5.75 Å². The Hall–Kier alpha value is -2.43. The van der Waals surface area contributed by atoms with Crippen LogP contribution in [0.5, 0.6) is 5.75 Å². The van der Waals surface area contributed by atoms with E-state index in [9.17, 15) is 4.39 Å². The van der Waals surface area contributed by atoms with Crippen molar-refractivity contribution < 1.29 is 14.2 Å². The molecule has 0 fully saturated rings. The molecular formula is C23H26FNO2. The van der Waals surface area contributed by atoms with Gasteiger partial charge in [-0.15, -0.1) is 0 Å². The van der Waals surface area contributed by atoms with Crippen LogP contribution in [0.15, 0.2) is 60.7 Å². The van der Waals surface area contributed by atoms with Crippen LogP contribution in [0.2, 0.25) is 0 Å². The summed E-state index contributed by atoms with van der Waals surface area (Å²) in [4.78, 5) is 0. The molecule has 3 aromatic carbocycles. The van der Waals surface area contributed by atoms with Crippen LogP contribution in [-0.2, 0) is 13.2 Å². The molecule has 0 radical (unpaired) electrons. The van der Waals surface area contributed by atoms with Crippen LogP contribution in [0.1, 0.15) is 30.4 Å². The zero-order chi connectivity index (χ0) is 18.9. The topological polar surface area (TPSA) is 41.5 Å². The summed E-state index contributed by atoms with van der Waals surface area (Å²) in [7, 11) is 0. The second-order valence-electron chi connectivity index (χ2n) is 6.64. The maximum Gasteiger partial charge on any atom is 0.124 e. The van der Waals surface area contributed by atoms with E-state index in [1.807, 2.05) is 18.2 Å². The number of hydrogen-bond acceptors (Lipinski definition) is 3. The average molecular weight is 367 g/mol. The first-order chi connectivity index (χ1) is 13.3. The van der Waals surface area contributed by atoms with E-state index in [0.717, 1.165) is 49.2 Å². The monoisotopic (exact) mass is 367 g/mol. The van der Waals surface area contributed by atoms with E-state index < -0.39 is 0 Å². The Morgan fingerprint density at radius 3 is 2.52 bits per heavy atom. The van der Waals surface area contributed by atoms with Crippen molar-refractivity contribution in [1.82, 2.24) is 5.32 Å². The van der Waals surface area contributed by atoms with E-state index in [1.165, 1.54) is 22.9 Å². The fourth-order valence-corrected chi connectivity index (χ4v) is 3.13. The normalized spacial score (nSPS) is 11.0. The second-order valence-corrected chi connectivity index (χ2v) is 6.64. The van der Waals surface area contributed by atoms with Crippen molar-refractivity contribution in [3.05, 3.63) is 77.6 Å². The lowest BCUT2D eigenvalue weighted by Gasteiger charge is -2.15. The number of ether oxygens (including phenoxy) is 1. The van der Waals surface area contributed by atoms with E-state index in [-0.39, 0.29) is 12.4 Å². The highest BCUT2D eigenvalue weighted by molar-refractivity contribution is 5.87. The van der Waals surface area contributed by atoms with Crippen LogP contribution >= 0.6 is 0 Å². The summed E-state index contributed by atoms with van der Waals surface area (Å²) in [6, 6.07) is 18.8. The number of fused-ring (bicyclic) bond motifs is 1. The standard InChI is InChI=1S/C23H26FNO2/c24-20-11-8-18(9-12-20)17-27-23-13-10-19-6-2-3-7-21(19)22(23)16-25-14-4-1-5-15-26/h2-3,6-13,25-26H,1,4-5,14-17H2. The number of benzene rings is 3. The summed E-state index contributed by atoms with van der Waals surface area (Å²) in [5.41, 5.74) is 2.07. The van der Waals surface area contributed by atoms with Crippen LogP contribution in [0, 0.1) is 5.82 Å². The van der Waals surface area contributed by atoms with Crippen LogP contribution in [0.25, 0.3) is 10.8 Å². The third kappa shape index (κ3) is 5.52. The largest absolute Gasteiger partial charge is 0.489 e. The molecule has 0 bridgehead atoms. The fraction of sp³-hybridized carbons (Fsp3) is 0.304. The fourth-order valence-electron chi connectivity index (χ4n) is 3.13. The van der Waals surface area contributed by atoms with Gasteiger partial charge in [-0.3, -0.25) is 0 Å². The SMILES string of the molecule is OCCCCCNCc1c(OCc2ccc(F)cc2)ccc2ccccc12. The van der Waals surface area contributed by atoms with E-state index in [2.05, 4.69) is 23.5 Å². The quantitative estimate of drug-likeness (QED) is 0.505. The molecule has 0 spiro atoms. The van der Waals surface area contributed by atoms with Crippen molar-refractivity contribution >= 4 is 10.8 Å². The maximum atomic E-state index is 13.1. The van der Waals surface area contributed by atoms with E-state index in [1.54, 1.807) is 12.1 Å². The van der Waals surface area contributed by atoms with Crippen molar-refractivity contribution in [2.45, 2.75) is 32.4 Å². The lowest BCUT2D eigenvalue weighted by Crippen LogP contribution is -2.16. The highest BCUT2D eigenvalue weighted by Crippen LogP contribution is 2.28. The first-order valence-electron chi connectivity index (χ1n) is 9.47. The van der Waals surface area contributed by atoms with Gasteiger partial charge in [0.25, 0.3) is 0 Å². The van der Waals surface area contributed by atoms with Gasteiger partial charge in [0.05, 0.1) is 0 Å². The summed E-state index contributed by atoms with van der Waals surface area (Å²) in [6.07, 6.45) is 2.91. The van der Waals surface area contributed by atoms with Gasteiger partial charge in [-0.1, -0.05) is 42.5 Å². The van der Waals surface area contributed by atoms with Gasteiger partial charge in [0.2, 0.25) is 0 Å². The van der Waals surface area contributed by atoms with Crippen molar-refractivity contribution in [2.24, 2.45) is 0 Å². The van der Waals surface area contributed by atoms with Gasteiger partial charge < -0.3 is 15.2 Å². The van der Waals surface area contributed by atoms with Crippen LogP contribution in [0.3, 0.4) is 0 Å². The number of hydrogen-bond donors (Lipinski definition) is 2. The molecule has 0 aromatic heterocycles. The van der Waals surface area contributed by atoms with Crippen molar-refractivity contribution in [3.63, 3.8) is 0 Å². The maximum absolute atomic E-state index is 13.1. The van der Waals surface area contributed by atoms with E-state index >= 15 is 0 Å². The second kappa shape index (κ2) is 10.0. The molecule has 0 aliphatic heterocycles. The van der Waals surface area contributed by atoms with Gasteiger partial charge >= 0.3 is 0 Å². The summed E-state index contributed by atoms with van der Waals surface area (Å²) in [5.74, 6) is 0.608. The zero-order valence-corrected chi connectivity index (χ0v) is 15.5. The smallest absolute Gasteiger partial charge is 0.124 e. The lowest BCUT2D eigenvalue weighted by atomic mass is 10.0. The molecule has 0 atom stereocenters.